The van der Waals surface area contributed by atoms with Crippen LogP contribution in [-0.4, -0.2) is 28.2 Å². The van der Waals surface area contributed by atoms with E-state index in [9.17, 15) is 21.9 Å². The van der Waals surface area contributed by atoms with Gasteiger partial charge >= 0.3 is 10.1 Å². The Morgan fingerprint density at radius 1 is 0.909 bits per heavy atom. The van der Waals surface area contributed by atoms with Crippen LogP contribution in [0.3, 0.4) is 0 Å². The molecule has 0 bridgehead atoms. The van der Waals surface area contributed by atoms with Crippen molar-refractivity contribution < 1.29 is 26.1 Å². The minimum absolute atomic E-state index is 0.0664. The van der Waals surface area contributed by atoms with Crippen molar-refractivity contribution in [1.29, 1.82) is 0 Å². The van der Waals surface area contributed by atoms with Gasteiger partial charge in [-0.15, -0.1) is 0 Å². The number of benzene rings is 2. The predicted octanol–water partition coefficient (Wildman–Crippen LogP) is 1.87. The Balaban J connectivity index is 2.56. The van der Waals surface area contributed by atoms with Gasteiger partial charge in [-0.2, -0.15) is 8.42 Å². The van der Waals surface area contributed by atoms with Gasteiger partial charge in [0.2, 0.25) is 0 Å². The molecule has 2 aromatic rings. The zero-order valence-electron chi connectivity index (χ0n) is 11.8. The molecule has 2 rings (SSSR count). The van der Waals surface area contributed by atoms with E-state index in [-0.39, 0.29) is 22.0 Å². The minimum atomic E-state index is -4.36. The van der Waals surface area contributed by atoms with Crippen LogP contribution >= 0.6 is 0 Å². The average molecular weight is 342 g/mol. The van der Waals surface area contributed by atoms with E-state index < -0.39 is 24.9 Å². The predicted molar refractivity (Wildman–Crippen MR) is 80.2 cm³/mol. The molecule has 1 N–H and O–H groups in total. The summed E-state index contributed by atoms with van der Waals surface area (Å²) in [5, 5.41) is 9.58. The molecule has 0 radical (unpaired) electrons. The molecule has 118 valence electrons. The van der Waals surface area contributed by atoms with Crippen molar-refractivity contribution in [2.45, 2.75) is 16.7 Å². The lowest BCUT2D eigenvalue weighted by molar-refractivity contribution is 0.456. The van der Waals surface area contributed by atoms with Crippen molar-refractivity contribution in [3.8, 4) is 11.5 Å². The highest BCUT2D eigenvalue weighted by Crippen LogP contribution is 2.30. The second-order valence-electron chi connectivity index (χ2n) is 4.66. The Morgan fingerprint density at radius 3 is 2.09 bits per heavy atom. The van der Waals surface area contributed by atoms with E-state index in [0.717, 1.165) is 12.3 Å². The molecular weight excluding hydrogens is 328 g/mol. The smallest absolute Gasteiger partial charge is 0.340 e. The van der Waals surface area contributed by atoms with Crippen molar-refractivity contribution in [2.75, 3.05) is 6.26 Å². The monoisotopic (exact) mass is 342 g/mol. The zero-order chi connectivity index (χ0) is 16.5. The molecule has 0 aliphatic carbocycles. The van der Waals surface area contributed by atoms with Crippen molar-refractivity contribution in [3.63, 3.8) is 0 Å². The second-order valence-corrected chi connectivity index (χ2v) is 8.16. The van der Waals surface area contributed by atoms with E-state index in [1.54, 1.807) is 0 Å². The molecule has 0 aromatic heterocycles. The highest BCUT2D eigenvalue weighted by molar-refractivity contribution is 7.92. The first kappa shape index (κ1) is 16.3. The van der Waals surface area contributed by atoms with E-state index in [0.29, 0.717) is 0 Å². The minimum Gasteiger partial charge on any atom is -0.508 e. The van der Waals surface area contributed by atoms with Crippen LogP contribution < -0.4 is 4.18 Å². The first-order valence-corrected chi connectivity index (χ1v) is 9.45. The highest BCUT2D eigenvalue weighted by Gasteiger charge is 2.26. The van der Waals surface area contributed by atoms with Gasteiger partial charge in [0.05, 0.1) is 4.90 Å². The number of sulfone groups is 1. The van der Waals surface area contributed by atoms with Gasteiger partial charge in [-0.25, -0.2) is 8.42 Å². The fourth-order valence-electron chi connectivity index (χ4n) is 1.82. The number of hydrogen-bond donors (Lipinski definition) is 1. The van der Waals surface area contributed by atoms with Gasteiger partial charge in [0.15, 0.2) is 9.84 Å². The van der Waals surface area contributed by atoms with Crippen LogP contribution in [0.25, 0.3) is 0 Å². The largest absolute Gasteiger partial charge is 0.508 e. The molecule has 2 aromatic carbocycles. The molecule has 8 heteroatoms. The summed E-state index contributed by atoms with van der Waals surface area (Å²) in [4.78, 5) is -0.784. The third-order valence-electron chi connectivity index (χ3n) is 2.97. The number of phenolic OH excluding ortho intramolecular Hbond substituents is 1. The maximum Gasteiger partial charge on any atom is 0.340 e. The number of phenols is 1. The van der Waals surface area contributed by atoms with Crippen LogP contribution in [0.5, 0.6) is 11.5 Å². The Labute approximate surface area is 129 Å². The summed E-state index contributed by atoms with van der Waals surface area (Å²) in [6, 6.07) is 9.37. The van der Waals surface area contributed by atoms with Crippen molar-refractivity contribution >= 4 is 20.0 Å². The number of rotatable bonds is 4. The van der Waals surface area contributed by atoms with Gasteiger partial charge in [-0.05, 0) is 31.2 Å². The van der Waals surface area contributed by atoms with E-state index in [4.69, 9.17) is 4.18 Å². The zero-order valence-corrected chi connectivity index (χ0v) is 13.5. The van der Waals surface area contributed by atoms with Gasteiger partial charge < -0.3 is 9.29 Å². The molecule has 22 heavy (non-hydrogen) atoms. The second kappa shape index (κ2) is 5.62. The Morgan fingerprint density at radius 2 is 1.50 bits per heavy atom. The lowest BCUT2D eigenvalue weighted by Crippen LogP contribution is -2.14. The molecule has 0 saturated heterocycles. The fourth-order valence-corrected chi connectivity index (χ4v) is 4.41. The van der Waals surface area contributed by atoms with Gasteiger partial charge in [0.25, 0.3) is 0 Å². The van der Waals surface area contributed by atoms with Crippen LogP contribution in [0.2, 0.25) is 0 Å². The van der Waals surface area contributed by atoms with Crippen molar-refractivity contribution in [1.82, 2.24) is 0 Å². The third-order valence-corrected chi connectivity index (χ3v) is 5.55. The lowest BCUT2D eigenvalue weighted by Gasteiger charge is -2.12. The highest BCUT2D eigenvalue weighted by atomic mass is 32.2. The summed E-state index contributed by atoms with van der Waals surface area (Å²) in [5.41, 5.74) is 0.239. The van der Waals surface area contributed by atoms with Crippen molar-refractivity contribution in [2.24, 2.45) is 0 Å². The molecule has 0 saturated carbocycles. The molecule has 0 aliphatic heterocycles. The quantitative estimate of drug-likeness (QED) is 0.852. The first-order valence-electron chi connectivity index (χ1n) is 6.15. The van der Waals surface area contributed by atoms with Crippen LogP contribution in [0.15, 0.2) is 52.3 Å². The maximum atomic E-state index is 12.4. The standard InChI is InChI=1S/C14H14O6S2/c1-10-11(15)6-5-7-12(10)20-22(18,19)14-9-4-3-8-13(14)21(2,16)17/h3-9,15H,1-2H3. The van der Waals surface area contributed by atoms with Crippen LogP contribution in [-0.2, 0) is 20.0 Å². The summed E-state index contributed by atoms with van der Waals surface area (Å²) in [5.74, 6) is -0.188. The van der Waals surface area contributed by atoms with Gasteiger partial charge in [-0.1, -0.05) is 18.2 Å². The molecule has 0 spiro atoms. The van der Waals surface area contributed by atoms with Crippen LogP contribution in [0, 0.1) is 6.92 Å². The SMILES string of the molecule is Cc1c(O)cccc1OS(=O)(=O)c1ccccc1S(C)(=O)=O. The van der Waals surface area contributed by atoms with Gasteiger partial charge in [-0.3, -0.25) is 0 Å². The Bertz CT molecular complexity index is 914. The van der Waals surface area contributed by atoms with E-state index >= 15 is 0 Å². The molecule has 6 nitrogen and oxygen atoms in total. The number of hydrogen-bond acceptors (Lipinski definition) is 6. The molecule has 0 unspecified atom stereocenters. The topological polar surface area (TPSA) is 97.7 Å². The van der Waals surface area contributed by atoms with E-state index in [2.05, 4.69) is 0 Å². The Hall–Kier alpha value is -2.06. The van der Waals surface area contributed by atoms with Crippen LogP contribution in [0.1, 0.15) is 5.56 Å². The van der Waals surface area contributed by atoms with Crippen LogP contribution in [0.4, 0.5) is 0 Å². The molecule has 0 heterocycles. The van der Waals surface area contributed by atoms with Crippen molar-refractivity contribution in [3.05, 3.63) is 48.0 Å². The van der Waals surface area contributed by atoms with Gasteiger partial charge in [0.1, 0.15) is 16.4 Å². The fraction of sp³-hybridized carbons (Fsp3) is 0.143. The third kappa shape index (κ3) is 3.23. The number of aromatic hydroxyl groups is 1. The summed E-state index contributed by atoms with van der Waals surface area (Å²) in [7, 11) is -8.09. The summed E-state index contributed by atoms with van der Waals surface area (Å²) < 4.78 is 53.1. The summed E-state index contributed by atoms with van der Waals surface area (Å²) in [6.07, 6.45) is 0.918. The molecule has 0 atom stereocenters. The van der Waals surface area contributed by atoms with E-state index in [1.165, 1.54) is 43.3 Å². The molecular formula is C14H14O6S2. The molecule has 0 aliphatic rings. The normalized spacial score (nSPS) is 12.1. The summed E-state index contributed by atoms with van der Waals surface area (Å²) in [6.45, 7) is 1.49. The lowest BCUT2D eigenvalue weighted by atomic mass is 10.2. The maximum absolute atomic E-state index is 12.4. The molecule has 0 amide bonds. The summed E-state index contributed by atoms with van der Waals surface area (Å²) >= 11 is 0. The van der Waals surface area contributed by atoms with E-state index in [1.807, 2.05) is 0 Å². The average Bonchev–Trinajstić information content (AvgIpc) is 2.43. The Kier molecular flexibility index (Phi) is 4.17. The first-order chi connectivity index (χ1) is 10.1. The molecule has 0 fully saturated rings. The van der Waals surface area contributed by atoms with Gasteiger partial charge in [0, 0.05) is 11.8 Å².